The van der Waals surface area contributed by atoms with Crippen molar-refractivity contribution in [2.75, 3.05) is 13.1 Å². The zero-order chi connectivity index (χ0) is 16.1. The second-order valence-electron chi connectivity index (χ2n) is 4.86. The van der Waals surface area contributed by atoms with Gasteiger partial charge in [-0.3, -0.25) is 9.59 Å². The van der Waals surface area contributed by atoms with Gasteiger partial charge in [-0.25, -0.2) is 4.39 Å². The average molecular weight is 299 g/mol. The Labute approximate surface area is 129 Å². The van der Waals surface area contributed by atoms with E-state index < -0.39 is 5.82 Å². The number of hydrogen-bond acceptors (Lipinski definition) is 2. The van der Waals surface area contributed by atoms with Crippen molar-refractivity contribution in [3.05, 3.63) is 71.0 Å². The first-order valence-electron chi connectivity index (χ1n) is 7.27. The highest BCUT2D eigenvalue weighted by Crippen LogP contribution is 2.17. The van der Waals surface area contributed by atoms with E-state index in [9.17, 15) is 14.0 Å². The first-order chi connectivity index (χ1) is 10.6. The summed E-state index contributed by atoms with van der Waals surface area (Å²) in [6.07, 6.45) is 0. The zero-order valence-corrected chi connectivity index (χ0v) is 12.7. The molecule has 1 amide bonds. The van der Waals surface area contributed by atoms with Crippen LogP contribution in [0, 0.1) is 5.82 Å². The molecule has 2 aromatic rings. The summed E-state index contributed by atoms with van der Waals surface area (Å²) in [6, 6.07) is 12.1. The second-order valence-corrected chi connectivity index (χ2v) is 4.86. The van der Waals surface area contributed by atoms with Gasteiger partial charge in [0.05, 0.1) is 5.56 Å². The van der Waals surface area contributed by atoms with Crippen LogP contribution in [0.5, 0.6) is 0 Å². The van der Waals surface area contributed by atoms with Crippen LogP contribution in [0.2, 0.25) is 0 Å². The molecule has 2 rings (SSSR count). The monoisotopic (exact) mass is 299 g/mol. The number of carbonyl (C=O) groups is 2. The van der Waals surface area contributed by atoms with Gasteiger partial charge < -0.3 is 4.90 Å². The summed E-state index contributed by atoms with van der Waals surface area (Å²) in [5.41, 5.74) is 1.08. The van der Waals surface area contributed by atoms with E-state index in [2.05, 4.69) is 0 Å². The number of hydrogen-bond donors (Lipinski definition) is 0. The van der Waals surface area contributed by atoms with Crippen molar-refractivity contribution >= 4 is 11.7 Å². The van der Waals surface area contributed by atoms with Gasteiger partial charge in [0.15, 0.2) is 5.78 Å². The summed E-state index contributed by atoms with van der Waals surface area (Å²) < 4.78 is 13.0. The molecule has 3 nitrogen and oxygen atoms in total. The van der Waals surface area contributed by atoms with E-state index in [0.29, 0.717) is 29.8 Å². The number of benzene rings is 2. The third kappa shape index (κ3) is 3.22. The Hall–Kier alpha value is -2.49. The van der Waals surface area contributed by atoms with Crippen molar-refractivity contribution < 1.29 is 14.0 Å². The standard InChI is InChI=1S/C18H18FNO2/c1-3-20(4-2)18(22)16-8-6-5-7-15(16)17(21)13-9-11-14(19)12-10-13/h5-12H,3-4H2,1-2H3. The predicted molar refractivity (Wildman–Crippen MR) is 83.5 cm³/mol. The van der Waals surface area contributed by atoms with Crippen molar-refractivity contribution in [2.45, 2.75) is 13.8 Å². The molecule has 0 aliphatic heterocycles. The molecule has 0 unspecified atom stereocenters. The Morgan fingerprint density at radius 2 is 1.45 bits per heavy atom. The number of nitrogens with zero attached hydrogens (tertiary/aromatic N) is 1. The molecule has 0 heterocycles. The number of amides is 1. The number of ketones is 1. The lowest BCUT2D eigenvalue weighted by atomic mass is 9.97. The topological polar surface area (TPSA) is 37.4 Å². The molecular weight excluding hydrogens is 281 g/mol. The van der Waals surface area contributed by atoms with E-state index in [1.807, 2.05) is 13.8 Å². The Kier molecular flexibility index (Phi) is 5.04. The van der Waals surface area contributed by atoms with E-state index in [4.69, 9.17) is 0 Å². The normalized spacial score (nSPS) is 10.3. The van der Waals surface area contributed by atoms with Gasteiger partial charge in [0.1, 0.15) is 5.82 Å². The van der Waals surface area contributed by atoms with E-state index in [1.165, 1.54) is 24.3 Å². The lowest BCUT2D eigenvalue weighted by molar-refractivity contribution is 0.0768. The molecule has 2 aromatic carbocycles. The van der Waals surface area contributed by atoms with Crippen molar-refractivity contribution in [3.63, 3.8) is 0 Å². The molecule has 4 heteroatoms. The van der Waals surface area contributed by atoms with Gasteiger partial charge in [0, 0.05) is 24.2 Å². The van der Waals surface area contributed by atoms with Gasteiger partial charge in [0.25, 0.3) is 5.91 Å². The number of rotatable bonds is 5. The van der Waals surface area contributed by atoms with Crippen LogP contribution in [0.3, 0.4) is 0 Å². The fourth-order valence-corrected chi connectivity index (χ4v) is 2.31. The molecule has 0 aliphatic rings. The second kappa shape index (κ2) is 6.98. The predicted octanol–water partition coefficient (Wildman–Crippen LogP) is 3.54. The van der Waals surface area contributed by atoms with Gasteiger partial charge in [-0.1, -0.05) is 18.2 Å². The highest BCUT2D eigenvalue weighted by Gasteiger charge is 2.20. The molecule has 0 saturated carbocycles. The molecule has 0 fully saturated rings. The van der Waals surface area contributed by atoms with E-state index in [1.54, 1.807) is 29.2 Å². The maximum absolute atomic E-state index is 13.0. The van der Waals surface area contributed by atoms with Crippen LogP contribution in [-0.4, -0.2) is 29.7 Å². The Balaban J connectivity index is 2.42. The van der Waals surface area contributed by atoms with Crippen molar-refractivity contribution in [1.82, 2.24) is 4.90 Å². The van der Waals surface area contributed by atoms with Crippen molar-refractivity contribution in [3.8, 4) is 0 Å². The van der Waals surface area contributed by atoms with Crippen LogP contribution in [-0.2, 0) is 0 Å². The zero-order valence-electron chi connectivity index (χ0n) is 12.7. The van der Waals surface area contributed by atoms with Crippen LogP contribution in [0.25, 0.3) is 0 Å². The Morgan fingerprint density at radius 3 is 2.00 bits per heavy atom. The largest absolute Gasteiger partial charge is 0.339 e. The minimum atomic E-state index is -0.399. The molecule has 0 N–H and O–H groups in total. The lowest BCUT2D eigenvalue weighted by Crippen LogP contribution is -2.31. The molecule has 22 heavy (non-hydrogen) atoms. The van der Waals surface area contributed by atoms with E-state index in [0.717, 1.165) is 0 Å². The van der Waals surface area contributed by atoms with Crippen LogP contribution in [0.1, 0.15) is 40.1 Å². The molecule has 0 aliphatic carbocycles. The van der Waals surface area contributed by atoms with Gasteiger partial charge in [-0.05, 0) is 44.2 Å². The van der Waals surface area contributed by atoms with E-state index >= 15 is 0 Å². The highest BCUT2D eigenvalue weighted by atomic mass is 19.1. The maximum Gasteiger partial charge on any atom is 0.254 e. The first-order valence-corrected chi connectivity index (χ1v) is 7.27. The minimum absolute atomic E-state index is 0.170. The first kappa shape index (κ1) is 15.9. The lowest BCUT2D eigenvalue weighted by Gasteiger charge is -2.20. The number of carbonyl (C=O) groups excluding carboxylic acids is 2. The smallest absolute Gasteiger partial charge is 0.254 e. The summed E-state index contributed by atoms with van der Waals surface area (Å²) in [6.45, 7) is 4.94. The summed E-state index contributed by atoms with van der Waals surface area (Å²) >= 11 is 0. The highest BCUT2D eigenvalue weighted by molar-refractivity contribution is 6.15. The molecule has 0 radical (unpaired) electrons. The van der Waals surface area contributed by atoms with Gasteiger partial charge in [-0.15, -0.1) is 0 Å². The molecule has 0 spiro atoms. The van der Waals surface area contributed by atoms with Crippen LogP contribution in [0.4, 0.5) is 4.39 Å². The fraction of sp³-hybridized carbons (Fsp3) is 0.222. The summed E-state index contributed by atoms with van der Waals surface area (Å²) in [7, 11) is 0. The molecular formula is C18H18FNO2. The maximum atomic E-state index is 13.0. The SMILES string of the molecule is CCN(CC)C(=O)c1ccccc1C(=O)c1ccc(F)cc1. The summed E-state index contributed by atoms with van der Waals surface area (Å²) in [5, 5.41) is 0. The van der Waals surface area contributed by atoms with Crippen LogP contribution < -0.4 is 0 Å². The molecule has 0 bridgehead atoms. The number of halogens is 1. The fourth-order valence-electron chi connectivity index (χ4n) is 2.31. The van der Waals surface area contributed by atoms with Gasteiger partial charge in [-0.2, -0.15) is 0 Å². The minimum Gasteiger partial charge on any atom is -0.339 e. The Morgan fingerprint density at radius 1 is 0.909 bits per heavy atom. The van der Waals surface area contributed by atoms with Crippen LogP contribution in [0.15, 0.2) is 48.5 Å². The van der Waals surface area contributed by atoms with Gasteiger partial charge in [0.2, 0.25) is 0 Å². The van der Waals surface area contributed by atoms with Gasteiger partial charge >= 0.3 is 0 Å². The van der Waals surface area contributed by atoms with Crippen molar-refractivity contribution in [1.29, 1.82) is 0 Å². The molecule has 114 valence electrons. The van der Waals surface area contributed by atoms with Crippen LogP contribution >= 0.6 is 0 Å². The average Bonchev–Trinajstić information content (AvgIpc) is 2.56. The Bertz CT molecular complexity index is 676. The third-order valence-electron chi connectivity index (χ3n) is 3.56. The molecule has 0 saturated heterocycles. The quantitative estimate of drug-likeness (QED) is 0.792. The van der Waals surface area contributed by atoms with E-state index in [-0.39, 0.29) is 11.7 Å². The summed E-state index contributed by atoms with van der Waals surface area (Å²) in [5.74, 6) is -0.851. The summed E-state index contributed by atoms with van der Waals surface area (Å²) in [4.78, 5) is 26.8. The third-order valence-corrected chi connectivity index (χ3v) is 3.56. The molecule has 0 aromatic heterocycles. The van der Waals surface area contributed by atoms with Crippen molar-refractivity contribution in [2.24, 2.45) is 0 Å². The molecule has 0 atom stereocenters.